The Morgan fingerprint density at radius 2 is 1.46 bits per heavy atom. The molecule has 0 fully saturated rings. The predicted octanol–water partition coefficient (Wildman–Crippen LogP) is 4.55. The highest BCUT2D eigenvalue weighted by molar-refractivity contribution is 5.90. The van der Waals surface area contributed by atoms with Crippen LogP contribution in [0.25, 0.3) is 22.4 Å². The molecule has 3 aromatic rings. The number of rotatable bonds is 2. The summed E-state index contributed by atoms with van der Waals surface area (Å²) >= 11 is 0. The monoisotopic (exact) mass is 313 g/mol. The van der Waals surface area contributed by atoms with Crippen LogP contribution in [0.1, 0.15) is 30.7 Å². The van der Waals surface area contributed by atoms with E-state index in [4.69, 9.17) is 0 Å². The fourth-order valence-electron chi connectivity index (χ4n) is 4.21. The molecule has 2 aliphatic rings. The minimum atomic E-state index is 1.00. The second-order valence-corrected chi connectivity index (χ2v) is 6.76. The standard InChI is InChI=1S/C22H21N2/c1-3-9-17(10-4-1)20-15-23-16-21(18-11-5-2-6-12-18)24-14-8-7-13-19(20)22(23)24/h1-6,9-12,16H,7-8,13-15H2/q+1. The maximum absolute atomic E-state index is 2.55. The second-order valence-electron chi connectivity index (χ2n) is 6.76. The number of nitrogens with zero attached hydrogens (tertiary/aromatic N) is 2. The number of aromatic nitrogens is 2. The fraction of sp³-hybridized carbons (Fsp3) is 0.227. The smallest absolute Gasteiger partial charge is 0.225 e. The van der Waals surface area contributed by atoms with Gasteiger partial charge in [0.25, 0.3) is 5.82 Å². The van der Waals surface area contributed by atoms with Crippen LogP contribution in [-0.4, -0.2) is 4.57 Å². The second kappa shape index (κ2) is 5.48. The third-order valence-corrected chi connectivity index (χ3v) is 5.31. The molecule has 2 nitrogen and oxygen atoms in total. The first-order chi connectivity index (χ1) is 11.9. The average Bonchev–Trinajstić information content (AvgIpc) is 3.08. The molecular weight excluding hydrogens is 292 g/mol. The molecule has 2 aromatic carbocycles. The lowest BCUT2D eigenvalue weighted by atomic mass is 9.98. The molecule has 0 amide bonds. The number of hydrogen-bond donors (Lipinski definition) is 0. The maximum Gasteiger partial charge on any atom is 0.285 e. The van der Waals surface area contributed by atoms with Gasteiger partial charge in [0.2, 0.25) is 0 Å². The molecule has 0 radical (unpaired) electrons. The molecule has 5 rings (SSSR count). The Morgan fingerprint density at radius 3 is 2.21 bits per heavy atom. The van der Waals surface area contributed by atoms with Gasteiger partial charge in [0.15, 0.2) is 5.69 Å². The summed E-state index contributed by atoms with van der Waals surface area (Å²) in [6.07, 6.45) is 6.09. The van der Waals surface area contributed by atoms with Crippen LogP contribution in [0.4, 0.5) is 0 Å². The molecule has 0 N–H and O–H groups in total. The Balaban J connectivity index is 1.70. The first kappa shape index (κ1) is 13.8. The Labute approximate surface area is 142 Å². The summed E-state index contributed by atoms with van der Waals surface area (Å²) in [5.41, 5.74) is 7.13. The SMILES string of the molecule is c1ccc(C2=C3CCCCn4c(-c5ccccc5)c[n+](c43)C2)cc1. The van der Waals surface area contributed by atoms with Crippen molar-refractivity contribution in [3.05, 3.63) is 78.2 Å². The molecule has 0 saturated heterocycles. The highest BCUT2D eigenvalue weighted by Gasteiger charge is 2.36. The van der Waals surface area contributed by atoms with Crippen molar-refractivity contribution in [2.45, 2.75) is 32.4 Å². The summed E-state index contributed by atoms with van der Waals surface area (Å²) < 4.78 is 5.01. The normalized spacial score (nSPS) is 16.2. The van der Waals surface area contributed by atoms with E-state index in [2.05, 4.69) is 76.0 Å². The first-order valence-electron chi connectivity index (χ1n) is 8.88. The quantitative estimate of drug-likeness (QED) is 0.614. The van der Waals surface area contributed by atoms with Crippen LogP contribution in [0, 0.1) is 0 Å². The summed E-state index contributed by atoms with van der Waals surface area (Å²) in [6.45, 7) is 2.12. The highest BCUT2D eigenvalue weighted by Crippen LogP contribution is 2.38. The Morgan fingerprint density at radius 1 is 0.750 bits per heavy atom. The van der Waals surface area contributed by atoms with E-state index in [9.17, 15) is 0 Å². The van der Waals surface area contributed by atoms with Crippen LogP contribution in [0.15, 0.2) is 66.9 Å². The minimum Gasteiger partial charge on any atom is -0.225 e. The number of allylic oxidation sites excluding steroid dienone is 2. The topological polar surface area (TPSA) is 8.81 Å². The number of imidazole rings is 1. The lowest BCUT2D eigenvalue weighted by Crippen LogP contribution is -2.32. The Bertz CT molecular complexity index is 917. The van der Waals surface area contributed by atoms with Gasteiger partial charge < -0.3 is 0 Å². The van der Waals surface area contributed by atoms with Crippen molar-refractivity contribution in [3.63, 3.8) is 0 Å². The Hall–Kier alpha value is -2.61. The van der Waals surface area contributed by atoms with E-state index in [1.807, 2.05) is 0 Å². The van der Waals surface area contributed by atoms with Crippen molar-refractivity contribution in [1.82, 2.24) is 4.57 Å². The molecule has 0 atom stereocenters. The van der Waals surface area contributed by atoms with Gasteiger partial charge in [-0.05, 0) is 24.8 Å². The molecule has 2 heteroatoms. The van der Waals surface area contributed by atoms with E-state index >= 15 is 0 Å². The van der Waals surface area contributed by atoms with Crippen molar-refractivity contribution in [1.29, 1.82) is 0 Å². The largest absolute Gasteiger partial charge is 0.285 e. The van der Waals surface area contributed by atoms with Gasteiger partial charge in [0.05, 0.1) is 6.54 Å². The third kappa shape index (κ3) is 2.06. The molecule has 0 aliphatic carbocycles. The molecule has 1 aromatic heterocycles. The zero-order valence-electron chi connectivity index (χ0n) is 13.8. The van der Waals surface area contributed by atoms with Crippen molar-refractivity contribution < 1.29 is 4.57 Å². The van der Waals surface area contributed by atoms with E-state index in [1.165, 1.54) is 47.5 Å². The summed E-state index contributed by atoms with van der Waals surface area (Å²) in [6, 6.07) is 21.7. The molecule has 3 heterocycles. The summed E-state index contributed by atoms with van der Waals surface area (Å²) in [7, 11) is 0. The average molecular weight is 313 g/mol. The molecule has 0 unspecified atom stereocenters. The van der Waals surface area contributed by atoms with Crippen molar-refractivity contribution in [3.8, 4) is 11.3 Å². The highest BCUT2D eigenvalue weighted by atomic mass is 15.2. The van der Waals surface area contributed by atoms with Crippen LogP contribution >= 0.6 is 0 Å². The number of benzene rings is 2. The molecule has 118 valence electrons. The van der Waals surface area contributed by atoms with Gasteiger partial charge >= 0.3 is 0 Å². The predicted molar refractivity (Wildman–Crippen MR) is 97.2 cm³/mol. The van der Waals surface area contributed by atoms with Gasteiger partial charge in [-0.1, -0.05) is 60.7 Å². The summed E-state index contributed by atoms with van der Waals surface area (Å²) in [4.78, 5) is 0. The van der Waals surface area contributed by atoms with Crippen LogP contribution < -0.4 is 4.57 Å². The molecule has 0 saturated carbocycles. The third-order valence-electron chi connectivity index (χ3n) is 5.31. The van der Waals surface area contributed by atoms with E-state index in [0.29, 0.717) is 0 Å². The van der Waals surface area contributed by atoms with Gasteiger partial charge in [-0.2, -0.15) is 0 Å². The van der Waals surface area contributed by atoms with Gasteiger partial charge in [0, 0.05) is 16.7 Å². The zero-order chi connectivity index (χ0) is 15.9. The zero-order valence-corrected chi connectivity index (χ0v) is 13.8. The lowest BCUT2D eigenvalue weighted by molar-refractivity contribution is -0.681. The van der Waals surface area contributed by atoms with Crippen LogP contribution in [0.5, 0.6) is 0 Å². The van der Waals surface area contributed by atoms with Gasteiger partial charge in [-0.25, -0.2) is 9.13 Å². The number of hydrogen-bond acceptors (Lipinski definition) is 0. The van der Waals surface area contributed by atoms with Crippen molar-refractivity contribution in [2.24, 2.45) is 0 Å². The first-order valence-corrected chi connectivity index (χ1v) is 8.88. The van der Waals surface area contributed by atoms with E-state index in [-0.39, 0.29) is 0 Å². The van der Waals surface area contributed by atoms with Crippen LogP contribution in [0.2, 0.25) is 0 Å². The van der Waals surface area contributed by atoms with Crippen LogP contribution in [-0.2, 0) is 13.1 Å². The molecule has 0 bridgehead atoms. The molecule has 0 spiro atoms. The minimum absolute atomic E-state index is 1.00. The van der Waals surface area contributed by atoms with Gasteiger partial charge in [-0.15, -0.1) is 0 Å². The molecule has 24 heavy (non-hydrogen) atoms. The van der Waals surface area contributed by atoms with Gasteiger partial charge in [-0.3, -0.25) is 0 Å². The van der Waals surface area contributed by atoms with E-state index in [0.717, 1.165) is 13.1 Å². The van der Waals surface area contributed by atoms with Crippen molar-refractivity contribution >= 4 is 11.1 Å². The van der Waals surface area contributed by atoms with Gasteiger partial charge in [0.1, 0.15) is 12.7 Å². The van der Waals surface area contributed by atoms with Crippen LogP contribution in [0.3, 0.4) is 0 Å². The molecule has 2 aliphatic heterocycles. The Kier molecular flexibility index (Phi) is 3.15. The maximum atomic E-state index is 2.55. The van der Waals surface area contributed by atoms with E-state index < -0.39 is 0 Å². The lowest BCUT2D eigenvalue weighted by Gasteiger charge is -2.04. The van der Waals surface area contributed by atoms with Crippen molar-refractivity contribution in [2.75, 3.05) is 0 Å². The van der Waals surface area contributed by atoms with E-state index in [1.54, 1.807) is 5.57 Å². The molecular formula is C22H21N2+. The summed E-state index contributed by atoms with van der Waals surface area (Å²) in [5.74, 6) is 1.44. The fourth-order valence-corrected chi connectivity index (χ4v) is 4.21. The summed E-state index contributed by atoms with van der Waals surface area (Å²) in [5, 5.41) is 0.